The number of piperazine rings is 1. The summed E-state index contributed by atoms with van der Waals surface area (Å²) in [5.41, 5.74) is 1.95. The molecule has 0 aliphatic carbocycles. The van der Waals surface area contributed by atoms with Crippen LogP contribution in [0.15, 0.2) is 60.7 Å². The Morgan fingerprint density at radius 2 is 1.03 bits per heavy atom. The van der Waals surface area contributed by atoms with Crippen molar-refractivity contribution >= 4 is 23.6 Å². The summed E-state index contributed by atoms with van der Waals surface area (Å²) in [4.78, 5) is 53.1. The maximum atomic E-state index is 12.9. The van der Waals surface area contributed by atoms with Crippen LogP contribution in [0.2, 0.25) is 0 Å². The van der Waals surface area contributed by atoms with Gasteiger partial charge in [-0.15, -0.1) is 0 Å². The molecule has 1 aliphatic rings. The largest absolute Gasteiger partial charge is 0.376 e. The summed E-state index contributed by atoms with van der Waals surface area (Å²) in [6.45, 7) is 3.85. The van der Waals surface area contributed by atoms with Gasteiger partial charge in [0.05, 0.1) is 39.3 Å². The monoisotopic (exact) mass is 466 g/mol. The first kappa shape index (κ1) is 25.3. The molecule has 3 rings (SSSR count). The first-order valence-corrected chi connectivity index (χ1v) is 11.3. The zero-order valence-corrected chi connectivity index (χ0v) is 19.5. The molecule has 0 N–H and O–H groups in total. The van der Waals surface area contributed by atoms with Crippen molar-refractivity contribution < 1.29 is 28.7 Å². The van der Waals surface area contributed by atoms with Crippen molar-refractivity contribution in [3.05, 3.63) is 71.8 Å². The Morgan fingerprint density at radius 3 is 1.38 bits per heavy atom. The minimum absolute atomic E-state index is 0.0375. The highest BCUT2D eigenvalue weighted by molar-refractivity contribution is 6.11. The number of carbonyl (C=O) groups excluding carboxylic acids is 4. The van der Waals surface area contributed by atoms with E-state index in [1.165, 1.54) is 13.8 Å². The fourth-order valence-corrected chi connectivity index (χ4v) is 3.77. The van der Waals surface area contributed by atoms with Crippen molar-refractivity contribution in [2.75, 3.05) is 13.2 Å². The summed E-state index contributed by atoms with van der Waals surface area (Å²) >= 11 is 0. The molecule has 2 atom stereocenters. The Morgan fingerprint density at radius 1 is 0.676 bits per heavy atom. The lowest BCUT2D eigenvalue weighted by atomic mass is 10.1. The zero-order valence-electron chi connectivity index (χ0n) is 19.5. The molecule has 0 radical (unpaired) electrons. The van der Waals surface area contributed by atoms with Crippen molar-refractivity contribution in [1.82, 2.24) is 9.80 Å². The molecule has 1 fully saturated rings. The predicted molar refractivity (Wildman–Crippen MR) is 124 cm³/mol. The highest BCUT2D eigenvalue weighted by atomic mass is 16.5. The van der Waals surface area contributed by atoms with E-state index in [0.717, 1.165) is 20.9 Å². The average molecular weight is 467 g/mol. The van der Waals surface area contributed by atoms with Gasteiger partial charge in [-0.25, -0.2) is 0 Å². The molecule has 0 saturated carbocycles. The van der Waals surface area contributed by atoms with E-state index in [9.17, 15) is 19.2 Å². The van der Waals surface area contributed by atoms with Crippen LogP contribution < -0.4 is 0 Å². The predicted octanol–water partition coefficient (Wildman–Crippen LogP) is 2.70. The molecule has 0 spiro atoms. The molecule has 1 heterocycles. The third-order valence-corrected chi connectivity index (χ3v) is 5.65. The number of hydrogen-bond acceptors (Lipinski definition) is 6. The van der Waals surface area contributed by atoms with Crippen molar-refractivity contribution in [2.45, 2.75) is 52.0 Å². The number of hydrogen-bond donors (Lipinski definition) is 0. The van der Waals surface area contributed by atoms with Gasteiger partial charge in [-0.3, -0.25) is 29.0 Å². The van der Waals surface area contributed by atoms with Crippen LogP contribution in [0.1, 0.15) is 37.8 Å². The van der Waals surface area contributed by atoms with E-state index >= 15 is 0 Å². The SMILES string of the molecule is CC1C(=O)N(C(=O)CCOCc2ccccc2)C(C)C(=O)N1C(=O)CCOCc1ccccc1. The molecule has 1 saturated heterocycles. The fourth-order valence-electron chi connectivity index (χ4n) is 3.77. The van der Waals surface area contributed by atoms with Crippen molar-refractivity contribution in [3.63, 3.8) is 0 Å². The second kappa shape index (κ2) is 12.2. The van der Waals surface area contributed by atoms with Crippen LogP contribution in [-0.4, -0.2) is 58.7 Å². The molecule has 0 aromatic heterocycles. The molecule has 2 unspecified atom stereocenters. The van der Waals surface area contributed by atoms with Gasteiger partial charge in [0.15, 0.2) is 0 Å². The third-order valence-electron chi connectivity index (χ3n) is 5.65. The number of carbonyl (C=O) groups is 4. The Bertz CT molecular complexity index is 913. The fraction of sp³-hybridized carbons (Fsp3) is 0.385. The van der Waals surface area contributed by atoms with Gasteiger partial charge in [0.2, 0.25) is 11.8 Å². The number of benzene rings is 2. The lowest BCUT2D eigenvalue weighted by Crippen LogP contribution is -2.65. The second-order valence-electron chi connectivity index (χ2n) is 8.13. The lowest BCUT2D eigenvalue weighted by Gasteiger charge is -2.40. The quantitative estimate of drug-likeness (QED) is 0.500. The first-order chi connectivity index (χ1) is 16.4. The number of amides is 4. The van der Waals surface area contributed by atoms with Crippen molar-refractivity contribution in [2.24, 2.45) is 0 Å². The van der Waals surface area contributed by atoms with Gasteiger partial charge in [-0.2, -0.15) is 0 Å². The van der Waals surface area contributed by atoms with E-state index in [0.29, 0.717) is 13.2 Å². The molecule has 8 nitrogen and oxygen atoms in total. The van der Waals surface area contributed by atoms with Crippen LogP contribution >= 0.6 is 0 Å². The summed E-state index contributed by atoms with van der Waals surface area (Å²) in [6, 6.07) is 16.9. The third kappa shape index (κ3) is 6.36. The van der Waals surface area contributed by atoms with Crippen molar-refractivity contribution in [1.29, 1.82) is 0 Å². The molecule has 34 heavy (non-hydrogen) atoms. The van der Waals surface area contributed by atoms with Crippen molar-refractivity contribution in [3.8, 4) is 0 Å². The minimum Gasteiger partial charge on any atom is -0.376 e. The number of imide groups is 2. The molecule has 2 aromatic carbocycles. The van der Waals surface area contributed by atoms with Gasteiger partial charge in [0, 0.05) is 0 Å². The maximum absolute atomic E-state index is 12.9. The molecule has 4 amide bonds. The maximum Gasteiger partial charge on any atom is 0.252 e. The minimum atomic E-state index is -1.06. The van der Waals surface area contributed by atoms with E-state index in [2.05, 4.69) is 0 Å². The molecular weight excluding hydrogens is 436 g/mol. The summed E-state index contributed by atoms with van der Waals surface area (Å²) in [5.74, 6) is -2.13. The smallest absolute Gasteiger partial charge is 0.252 e. The van der Waals surface area contributed by atoms with Gasteiger partial charge in [0.25, 0.3) is 11.8 Å². The molecule has 1 aliphatic heterocycles. The number of nitrogens with zero attached hydrogens (tertiary/aromatic N) is 2. The summed E-state index contributed by atoms with van der Waals surface area (Å²) in [6.07, 6.45) is -0.0750. The van der Waals surface area contributed by atoms with Crippen LogP contribution in [-0.2, 0) is 41.9 Å². The highest BCUT2D eigenvalue weighted by Crippen LogP contribution is 2.20. The molecule has 180 valence electrons. The summed E-state index contributed by atoms with van der Waals surface area (Å²) < 4.78 is 11.1. The highest BCUT2D eigenvalue weighted by Gasteiger charge is 2.46. The number of ether oxygens (including phenoxy) is 2. The van der Waals surface area contributed by atoms with Gasteiger partial charge in [0.1, 0.15) is 12.1 Å². The van der Waals surface area contributed by atoms with Crippen LogP contribution in [0.4, 0.5) is 0 Å². The van der Waals surface area contributed by atoms with E-state index in [-0.39, 0.29) is 26.1 Å². The first-order valence-electron chi connectivity index (χ1n) is 11.3. The van der Waals surface area contributed by atoms with Crippen LogP contribution in [0, 0.1) is 0 Å². The topological polar surface area (TPSA) is 93.2 Å². The Balaban J connectivity index is 1.48. The average Bonchev–Trinajstić information content (AvgIpc) is 2.85. The molecule has 0 bridgehead atoms. The molecular formula is C26H30N2O6. The Kier molecular flexibility index (Phi) is 9.07. The van der Waals surface area contributed by atoms with Gasteiger partial charge in [-0.1, -0.05) is 60.7 Å². The normalized spacial score (nSPS) is 18.3. The van der Waals surface area contributed by atoms with Crippen LogP contribution in [0.25, 0.3) is 0 Å². The number of rotatable bonds is 10. The molecule has 8 heteroatoms. The van der Waals surface area contributed by atoms with E-state index in [4.69, 9.17) is 9.47 Å². The Hall–Kier alpha value is -3.36. The van der Waals surface area contributed by atoms with E-state index < -0.39 is 35.7 Å². The van der Waals surface area contributed by atoms with Gasteiger partial charge in [-0.05, 0) is 25.0 Å². The van der Waals surface area contributed by atoms with E-state index in [1.54, 1.807) is 0 Å². The summed E-state index contributed by atoms with van der Waals surface area (Å²) in [7, 11) is 0. The second-order valence-corrected chi connectivity index (χ2v) is 8.13. The van der Waals surface area contributed by atoms with Gasteiger partial charge >= 0.3 is 0 Å². The standard InChI is InChI=1S/C26H30N2O6/c1-19-25(31)28(24(30)14-16-34-18-22-11-7-4-8-12-22)20(2)26(32)27(19)23(29)13-15-33-17-21-9-5-3-6-10-21/h3-12,19-20H,13-18H2,1-2H3. The lowest BCUT2D eigenvalue weighted by molar-refractivity contribution is -0.171. The summed E-state index contributed by atoms with van der Waals surface area (Å²) in [5, 5.41) is 0. The zero-order chi connectivity index (χ0) is 24.5. The Labute approximate surface area is 199 Å². The van der Waals surface area contributed by atoms with E-state index in [1.807, 2.05) is 60.7 Å². The van der Waals surface area contributed by atoms with Crippen LogP contribution in [0.3, 0.4) is 0 Å². The van der Waals surface area contributed by atoms with Crippen LogP contribution in [0.5, 0.6) is 0 Å². The van der Waals surface area contributed by atoms with Gasteiger partial charge < -0.3 is 9.47 Å². The molecule has 2 aromatic rings.